The largest absolute Gasteiger partial charge is 0.327 e. The van der Waals surface area contributed by atoms with Gasteiger partial charge in [-0.25, -0.2) is 0 Å². The van der Waals surface area contributed by atoms with Gasteiger partial charge in [0.25, 0.3) is 0 Å². The van der Waals surface area contributed by atoms with E-state index in [1.165, 1.54) is 11.3 Å². The molecule has 0 saturated heterocycles. The summed E-state index contributed by atoms with van der Waals surface area (Å²) in [5, 5.41) is 9.63. The van der Waals surface area contributed by atoms with Gasteiger partial charge in [-0.05, 0) is 39.7 Å². The summed E-state index contributed by atoms with van der Waals surface area (Å²) < 4.78 is 3.85. The first kappa shape index (κ1) is 16.0. The van der Waals surface area contributed by atoms with Gasteiger partial charge in [-0.15, -0.1) is 0 Å². The highest BCUT2D eigenvalue weighted by Crippen LogP contribution is 2.23. The maximum atomic E-state index is 6.35. The lowest BCUT2D eigenvalue weighted by atomic mass is 10.0. The van der Waals surface area contributed by atoms with Crippen LogP contribution in [0.3, 0.4) is 0 Å². The Morgan fingerprint density at radius 2 is 1.81 bits per heavy atom. The van der Waals surface area contributed by atoms with E-state index in [1.807, 2.05) is 30.3 Å². The van der Waals surface area contributed by atoms with Gasteiger partial charge in [-0.2, -0.15) is 10.2 Å². The van der Waals surface area contributed by atoms with Crippen LogP contribution in [0.5, 0.6) is 0 Å². The van der Waals surface area contributed by atoms with Crippen LogP contribution in [0.15, 0.2) is 0 Å². The Morgan fingerprint density at radius 3 is 2.33 bits per heavy atom. The van der Waals surface area contributed by atoms with Crippen molar-refractivity contribution in [1.82, 2.24) is 19.6 Å². The van der Waals surface area contributed by atoms with Crippen LogP contribution in [0, 0.1) is 20.8 Å². The minimum absolute atomic E-state index is 0.00509. The van der Waals surface area contributed by atoms with Crippen LogP contribution < -0.4 is 5.73 Å². The second-order valence-electron chi connectivity index (χ2n) is 5.60. The second kappa shape index (κ2) is 6.20. The molecule has 1 atom stereocenters. The molecule has 0 radical (unpaired) electrons. The van der Waals surface area contributed by atoms with Gasteiger partial charge >= 0.3 is 0 Å². The zero-order valence-electron chi connectivity index (χ0n) is 13.4. The average molecular weight is 310 g/mol. The smallest absolute Gasteiger partial charge is 0.0847 e. The Kier molecular flexibility index (Phi) is 4.74. The molecule has 0 amide bonds. The summed E-state index contributed by atoms with van der Waals surface area (Å²) in [6.07, 6.45) is 1.52. The van der Waals surface area contributed by atoms with Crippen LogP contribution in [0.1, 0.15) is 35.3 Å². The third-order valence-electron chi connectivity index (χ3n) is 4.03. The summed E-state index contributed by atoms with van der Waals surface area (Å²) in [6.45, 7) is 8.91. The molecule has 0 saturated carbocycles. The predicted molar refractivity (Wildman–Crippen MR) is 85.7 cm³/mol. The second-order valence-corrected chi connectivity index (χ2v) is 5.98. The molecule has 1 unspecified atom stereocenters. The summed E-state index contributed by atoms with van der Waals surface area (Å²) in [6, 6.07) is 0.00509. The van der Waals surface area contributed by atoms with Crippen molar-refractivity contribution in [3.63, 3.8) is 0 Å². The minimum atomic E-state index is 0.00509. The molecule has 5 nitrogen and oxygen atoms in total. The van der Waals surface area contributed by atoms with Crippen LogP contribution in [-0.2, 0) is 26.4 Å². The Bertz CT molecular complexity index is 641. The van der Waals surface area contributed by atoms with Crippen molar-refractivity contribution < 1.29 is 0 Å². The first-order valence-corrected chi connectivity index (χ1v) is 7.69. The van der Waals surface area contributed by atoms with Crippen molar-refractivity contribution in [1.29, 1.82) is 0 Å². The number of hydrogen-bond donors (Lipinski definition) is 1. The number of hydrogen-bond acceptors (Lipinski definition) is 3. The molecule has 0 aliphatic rings. The molecule has 2 heterocycles. The lowest BCUT2D eigenvalue weighted by Gasteiger charge is -2.13. The summed E-state index contributed by atoms with van der Waals surface area (Å²) in [5.74, 6) is 0. The molecule has 0 aliphatic heterocycles. The van der Waals surface area contributed by atoms with Gasteiger partial charge in [-0.1, -0.05) is 11.6 Å². The van der Waals surface area contributed by atoms with Gasteiger partial charge < -0.3 is 5.73 Å². The fourth-order valence-electron chi connectivity index (χ4n) is 2.76. The third kappa shape index (κ3) is 3.14. The van der Waals surface area contributed by atoms with Crippen molar-refractivity contribution >= 4 is 11.6 Å². The van der Waals surface area contributed by atoms with E-state index in [0.717, 1.165) is 41.5 Å². The number of rotatable bonds is 5. The van der Waals surface area contributed by atoms with E-state index in [1.54, 1.807) is 0 Å². The Morgan fingerprint density at radius 1 is 1.14 bits per heavy atom. The molecule has 0 aliphatic carbocycles. The van der Waals surface area contributed by atoms with Crippen molar-refractivity contribution in [2.45, 2.75) is 53.1 Å². The molecule has 2 N–H and O–H groups in total. The molecule has 0 spiro atoms. The maximum Gasteiger partial charge on any atom is 0.0847 e. The fraction of sp³-hybridized carbons (Fsp3) is 0.600. The topological polar surface area (TPSA) is 61.7 Å². The van der Waals surface area contributed by atoms with Crippen molar-refractivity contribution in [3.8, 4) is 0 Å². The lowest BCUT2D eigenvalue weighted by molar-refractivity contribution is 0.573. The lowest BCUT2D eigenvalue weighted by Crippen LogP contribution is -2.27. The quantitative estimate of drug-likeness (QED) is 0.922. The van der Waals surface area contributed by atoms with Gasteiger partial charge in [0, 0.05) is 31.7 Å². The summed E-state index contributed by atoms with van der Waals surface area (Å²) >= 11 is 6.35. The van der Waals surface area contributed by atoms with Crippen molar-refractivity contribution in [3.05, 3.63) is 33.4 Å². The van der Waals surface area contributed by atoms with Crippen LogP contribution in [0.2, 0.25) is 5.02 Å². The average Bonchev–Trinajstić information content (AvgIpc) is 2.83. The summed E-state index contributed by atoms with van der Waals surface area (Å²) in [5.41, 5.74) is 11.7. The normalized spacial score (nSPS) is 12.9. The molecule has 6 heteroatoms. The molecule has 2 aromatic heterocycles. The number of aryl methyl sites for hydroxylation is 4. The van der Waals surface area contributed by atoms with Crippen molar-refractivity contribution in [2.75, 3.05) is 0 Å². The Balaban J connectivity index is 2.17. The molecule has 0 aromatic carbocycles. The van der Waals surface area contributed by atoms with E-state index in [0.29, 0.717) is 0 Å². The molecule has 2 aromatic rings. The van der Waals surface area contributed by atoms with Gasteiger partial charge in [0.15, 0.2) is 0 Å². The molecular formula is C15H24ClN5. The number of nitrogens with zero attached hydrogens (tertiary/aromatic N) is 4. The van der Waals surface area contributed by atoms with E-state index >= 15 is 0 Å². The third-order valence-corrected chi connectivity index (χ3v) is 4.53. The fourth-order valence-corrected chi connectivity index (χ4v) is 2.97. The Hall–Kier alpha value is -1.33. The molecule has 2 rings (SSSR count). The molecule has 0 fully saturated rings. The highest BCUT2D eigenvalue weighted by Gasteiger charge is 2.18. The number of aromatic nitrogens is 4. The van der Waals surface area contributed by atoms with Gasteiger partial charge in [0.05, 0.1) is 22.1 Å². The summed E-state index contributed by atoms with van der Waals surface area (Å²) in [4.78, 5) is 0. The van der Waals surface area contributed by atoms with Crippen LogP contribution in [-0.4, -0.2) is 25.6 Å². The van der Waals surface area contributed by atoms with E-state index < -0.39 is 0 Å². The van der Waals surface area contributed by atoms with Gasteiger partial charge in [0.1, 0.15) is 0 Å². The van der Waals surface area contributed by atoms with Gasteiger partial charge in [0.2, 0.25) is 0 Å². The monoisotopic (exact) mass is 309 g/mol. The first-order valence-electron chi connectivity index (χ1n) is 7.31. The number of halogens is 1. The van der Waals surface area contributed by atoms with E-state index in [4.69, 9.17) is 17.3 Å². The molecule has 116 valence electrons. The predicted octanol–water partition coefficient (Wildman–Crippen LogP) is 2.33. The molecule has 0 bridgehead atoms. The summed E-state index contributed by atoms with van der Waals surface area (Å²) in [7, 11) is 1.96. The van der Waals surface area contributed by atoms with E-state index in [9.17, 15) is 0 Å². The van der Waals surface area contributed by atoms with Crippen LogP contribution >= 0.6 is 11.6 Å². The minimum Gasteiger partial charge on any atom is -0.327 e. The standard InChI is InChI=1S/C15H24ClN5/c1-6-21-14(15(16)10(3)19-21)8-12(17)7-13-9(2)18-20(5)11(13)4/h12H,6-8,17H2,1-5H3. The highest BCUT2D eigenvalue weighted by atomic mass is 35.5. The number of nitrogens with two attached hydrogens (primary N) is 1. The SMILES string of the molecule is CCn1nc(C)c(Cl)c1CC(N)Cc1c(C)nn(C)c1C. The van der Waals surface area contributed by atoms with Crippen LogP contribution in [0.25, 0.3) is 0 Å². The molecular weight excluding hydrogens is 286 g/mol. The molecule has 21 heavy (non-hydrogen) atoms. The van der Waals surface area contributed by atoms with Crippen molar-refractivity contribution in [2.24, 2.45) is 12.8 Å². The van der Waals surface area contributed by atoms with E-state index in [-0.39, 0.29) is 6.04 Å². The van der Waals surface area contributed by atoms with Crippen LogP contribution in [0.4, 0.5) is 0 Å². The Labute approximate surface area is 131 Å². The zero-order chi connectivity index (χ0) is 15.7. The van der Waals surface area contributed by atoms with E-state index in [2.05, 4.69) is 24.0 Å². The first-order chi connectivity index (χ1) is 9.85. The zero-order valence-corrected chi connectivity index (χ0v) is 14.2. The maximum absolute atomic E-state index is 6.35. The van der Waals surface area contributed by atoms with Gasteiger partial charge in [-0.3, -0.25) is 9.36 Å². The highest BCUT2D eigenvalue weighted by molar-refractivity contribution is 6.31.